The number of carbonyl (C=O) groups excluding carboxylic acids is 2. The largest absolute Gasteiger partial charge is 0.361 e. The highest BCUT2D eigenvalue weighted by Gasteiger charge is 2.17. The molecule has 0 bridgehead atoms. The highest BCUT2D eigenvalue weighted by Crippen LogP contribution is 2.28. The Kier molecular flexibility index (Phi) is 7.45. The molecule has 2 amide bonds. The summed E-state index contributed by atoms with van der Waals surface area (Å²) < 4.78 is 5.19. The van der Waals surface area contributed by atoms with Crippen LogP contribution in [0.4, 0.5) is 5.69 Å². The minimum Gasteiger partial charge on any atom is -0.361 e. The van der Waals surface area contributed by atoms with Gasteiger partial charge in [0.05, 0.1) is 22.5 Å². The summed E-state index contributed by atoms with van der Waals surface area (Å²) in [6.07, 6.45) is 4.89. The van der Waals surface area contributed by atoms with Gasteiger partial charge in [-0.2, -0.15) is 0 Å². The molecule has 39 heavy (non-hydrogen) atoms. The number of nitrogens with one attached hydrogen (secondary N) is 2. The summed E-state index contributed by atoms with van der Waals surface area (Å²) in [5, 5.41) is 10.5. The van der Waals surface area contributed by atoms with Crippen molar-refractivity contribution in [1.29, 1.82) is 0 Å². The van der Waals surface area contributed by atoms with Gasteiger partial charge < -0.3 is 15.2 Å². The van der Waals surface area contributed by atoms with Crippen LogP contribution in [0, 0.1) is 20.8 Å². The van der Waals surface area contributed by atoms with E-state index in [2.05, 4.69) is 26.8 Å². The van der Waals surface area contributed by atoms with Crippen LogP contribution in [-0.4, -0.2) is 33.5 Å². The van der Waals surface area contributed by atoms with Crippen molar-refractivity contribution in [3.63, 3.8) is 0 Å². The molecule has 0 spiro atoms. The molecule has 3 aromatic heterocycles. The second-order valence-corrected chi connectivity index (χ2v) is 9.60. The van der Waals surface area contributed by atoms with Gasteiger partial charge in [-0.05, 0) is 81.3 Å². The van der Waals surface area contributed by atoms with Crippen molar-refractivity contribution in [2.24, 2.45) is 0 Å². The van der Waals surface area contributed by atoms with Crippen LogP contribution in [0.5, 0.6) is 0 Å². The fourth-order valence-electron chi connectivity index (χ4n) is 4.53. The van der Waals surface area contributed by atoms with Gasteiger partial charge in [-0.3, -0.25) is 14.6 Å². The van der Waals surface area contributed by atoms with Crippen molar-refractivity contribution >= 4 is 28.4 Å². The lowest BCUT2D eigenvalue weighted by molar-refractivity contribution is 0.0952. The van der Waals surface area contributed by atoms with Crippen LogP contribution in [0.15, 0.2) is 77.6 Å². The number of benzene rings is 2. The van der Waals surface area contributed by atoms with Crippen LogP contribution in [0.2, 0.25) is 0 Å². The number of fused-ring (bicyclic) bond motifs is 1. The first-order valence-corrected chi connectivity index (χ1v) is 12.8. The second-order valence-electron chi connectivity index (χ2n) is 9.60. The van der Waals surface area contributed by atoms with Gasteiger partial charge in [-0.25, -0.2) is 4.98 Å². The molecule has 196 valence electrons. The van der Waals surface area contributed by atoms with Crippen LogP contribution in [0.3, 0.4) is 0 Å². The van der Waals surface area contributed by atoms with E-state index in [9.17, 15) is 9.59 Å². The van der Waals surface area contributed by atoms with Crippen LogP contribution in [0.1, 0.15) is 49.7 Å². The molecule has 0 fully saturated rings. The van der Waals surface area contributed by atoms with Gasteiger partial charge in [-0.15, -0.1) is 0 Å². The Labute approximate surface area is 226 Å². The van der Waals surface area contributed by atoms with Gasteiger partial charge in [0.25, 0.3) is 11.8 Å². The molecule has 0 saturated heterocycles. The molecule has 5 rings (SSSR count). The Morgan fingerprint density at radius 1 is 0.949 bits per heavy atom. The fourth-order valence-corrected chi connectivity index (χ4v) is 4.53. The van der Waals surface area contributed by atoms with E-state index in [0.29, 0.717) is 35.5 Å². The lowest BCUT2D eigenvalue weighted by Gasteiger charge is -2.13. The first kappa shape index (κ1) is 25.8. The number of hydrogen-bond acceptors (Lipinski definition) is 6. The van der Waals surface area contributed by atoms with Crippen LogP contribution in [-0.2, 0) is 6.42 Å². The summed E-state index contributed by atoms with van der Waals surface area (Å²) in [7, 11) is 0. The maximum atomic E-state index is 13.5. The number of anilines is 1. The second kappa shape index (κ2) is 11.3. The highest BCUT2D eigenvalue weighted by molar-refractivity contribution is 6.13. The van der Waals surface area contributed by atoms with E-state index in [-0.39, 0.29) is 11.8 Å². The van der Waals surface area contributed by atoms with E-state index in [1.165, 1.54) is 0 Å². The molecule has 0 aliphatic rings. The topological polar surface area (TPSA) is 110 Å². The van der Waals surface area contributed by atoms with E-state index in [1.54, 1.807) is 42.7 Å². The smallest absolute Gasteiger partial charge is 0.256 e. The summed E-state index contributed by atoms with van der Waals surface area (Å²) in [4.78, 5) is 35.1. The molecule has 0 aliphatic heterocycles. The number of aryl methyl sites for hydroxylation is 4. The minimum atomic E-state index is -0.252. The molecule has 5 aromatic rings. The molecule has 8 heteroatoms. The third kappa shape index (κ3) is 6.01. The van der Waals surface area contributed by atoms with Crippen molar-refractivity contribution < 1.29 is 14.1 Å². The third-order valence-electron chi connectivity index (χ3n) is 6.42. The number of carbonyl (C=O) groups is 2. The Morgan fingerprint density at radius 2 is 1.77 bits per heavy atom. The summed E-state index contributed by atoms with van der Waals surface area (Å²) in [5.74, 6) is 0.382. The molecule has 0 radical (unpaired) electrons. The Morgan fingerprint density at radius 3 is 2.49 bits per heavy atom. The average molecular weight is 520 g/mol. The first-order valence-electron chi connectivity index (χ1n) is 12.8. The van der Waals surface area contributed by atoms with Crippen molar-refractivity contribution in [2.45, 2.75) is 33.6 Å². The van der Waals surface area contributed by atoms with E-state index in [4.69, 9.17) is 9.51 Å². The van der Waals surface area contributed by atoms with Crippen molar-refractivity contribution in [2.75, 3.05) is 11.9 Å². The SMILES string of the molecule is Cc1cc(C)c2nc(-c3cccnc3)cc(C(=O)Nc3ccc(C(=O)NCCCc4cc(C)no4)cc3)c2c1. The predicted octanol–water partition coefficient (Wildman–Crippen LogP) is 5.82. The molecule has 3 heterocycles. The van der Waals surface area contributed by atoms with E-state index >= 15 is 0 Å². The van der Waals surface area contributed by atoms with Gasteiger partial charge >= 0.3 is 0 Å². The molecule has 0 aliphatic carbocycles. The number of hydrogen-bond donors (Lipinski definition) is 2. The van der Waals surface area contributed by atoms with Crippen molar-refractivity contribution in [3.05, 3.63) is 107 Å². The lowest BCUT2D eigenvalue weighted by Crippen LogP contribution is -2.24. The van der Waals surface area contributed by atoms with Crippen LogP contribution in [0.25, 0.3) is 22.2 Å². The van der Waals surface area contributed by atoms with Gasteiger partial charge in [0, 0.05) is 53.6 Å². The standard InChI is InChI=1S/C31H29N5O3/c1-19-14-20(2)29-26(15-19)27(17-28(35-29)23-6-4-12-32-18-23)31(38)34-24-10-8-22(9-11-24)30(37)33-13-5-7-25-16-21(3)36-39-25/h4,6,8-12,14-18H,5,7,13H2,1-3H3,(H,33,37)(H,34,38). The van der Waals surface area contributed by atoms with Gasteiger partial charge in [0.1, 0.15) is 5.76 Å². The Balaban J connectivity index is 1.30. The molecule has 8 nitrogen and oxygen atoms in total. The summed E-state index contributed by atoms with van der Waals surface area (Å²) >= 11 is 0. The Hall–Kier alpha value is -4.85. The number of pyridine rings is 2. The maximum Gasteiger partial charge on any atom is 0.256 e. The number of rotatable bonds is 8. The molecular weight excluding hydrogens is 490 g/mol. The Bertz CT molecular complexity index is 1640. The maximum absolute atomic E-state index is 13.5. The molecule has 0 unspecified atom stereocenters. The van der Waals surface area contributed by atoms with Gasteiger partial charge in [0.2, 0.25) is 0 Å². The number of amides is 2. The summed E-state index contributed by atoms with van der Waals surface area (Å²) in [5.41, 5.74) is 6.81. The van der Waals surface area contributed by atoms with E-state index < -0.39 is 0 Å². The average Bonchev–Trinajstić information content (AvgIpc) is 3.36. The third-order valence-corrected chi connectivity index (χ3v) is 6.42. The predicted molar refractivity (Wildman–Crippen MR) is 151 cm³/mol. The summed E-state index contributed by atoms with van der Waals surface area (Å²) in [6, 6.07) is 18.4. The molecular formula is C31H29N5O3. The zero-order valence-corrected chi connectivity index (χ0v) is 22.1. The van der Waals surface area contributed by atoms with Crippen LogP contribution >= 0.6 is 0 Å². The quantitative estimate of drug-likeness (QED) is 0.250. The summed E-state index contributed by atoms with van der Waals surface area (Å²) in [6.45, 7) is 6.39. The van der Waals surface area contributed by atoms with E-state index in [0.717, 1.165) is 45.5 Å². The van der Waals surface area contributed by atoms with Gasteiger partial charge in [-0.1, -0.05) is 16.8 Å². The molecule has 2 N–H and O–H groups in total. The van der Waals surface area contributed by atoms with E-state index in [1.807, 2.05) is 45.0 Å². The minimum absolute atomic E-state index is 0.172. The monoisotopic (exact) mass is 519 g/mol. The normalized spacial score (nSPS) is 10.9. The zero-order chi connectivity index (χ0) is 27.4. The fraction of sp³-hybridized carbons (Fsp3) is 0.194. The first-order chi connectivity index (χ1) is 18.9. The van der Waals surface area contributed by atoms with Crippen molar-refractivity contribution in [1.82, 2.24) is 20.4 Å². The van der Waals surface area contributed by atoms with Crippen molar-refractivity contribution in [3.8, 4) is 11.3 Å². The van der Waals surface area contributed by atoms with Gasteiger partial charge in [0.15, 0.2) is 0 Å². The number of nitrogens with zero attached hydrogens (tertiary/aromatic N) is 3. The number of aromatic nitrogens is 3. The molecule has 0 saturated carbocycles. The molecule has 0 atom stereocenters. The van der Waals surface area contributed by atoms with Crippen LogP contribution < -0.4 is 10.6 Å². The zero-order valence-electron chi connectivity index (χ0n) is 22.1. The molecule has 2 aromatic carbocycles. The lowest BCUT2D eigenvalue weighted by atomic mass is 9.99. The highest BCUT2D eigenvalue weighted by atomic mass is 16.5.